The van der Waals surface area contributed by atoms with Gasteiger partial charge in [0, 0.05) is 0 Å². The van der Waals surface area contributed by atoms with E-state index in [-0.39, 0.29) is 12.5 Å². The van der Waals surface area contributed by atoms with Gasteiger partial charge < -0.3 is 10.1 Å². The van der Waals surface area contributed by atoms with Gasteiger partial charge in [-0.05, 0) is 30.7 Å². The van der Waals surface area contributed by atoms with Crippen LogP contribution >= 0.6 is 0 Å². The summed E-state index contributed by atoms with van der Waals surface area (Å²) >= 11 is 0. The molecule has 0 saturated heterocycles. The predicted molar refractivity (Wildman–Crippen MR) is 98.3 cm³/mol. The lowest BCUT2D eigenvalue weighted by atomic mass is 10.2. The first kappa shape index (κ1) is 18.8. The van der Waals surface area contributed by atoms with Gasteiger partial charge in [0.05, 0.1) is 18.5 Å². The molecule has 0 saturated carbocycles. The molecule has 25 heavy (non-hydrogen) atoms. The fourth-order valence-electron chi connectivity index (χ4n) is 2.29. The molecule has 0 aromatic heterocycles. The molecule has 0 unspecified atom stereocenters. The van der Waals surface area contributed by atoms with Gasteiger partial charge in [0.15, 0.2) is 0 Å². The molecule has 0 fully saturated rings. The second-order valence-electron chi connectivity index (χ2n) is 5.57. The smallest absolute Gasteiger partial charge is 0.240 e. The van der Waals surface area contributed by atoms with E-state index in [9.17, 15) is 13.2 Å². The van der Waals surface area contributed by atoms with E-state index in [0.717, 1.165) is 21.9 Å². The van der Waals surface area contributed by atoms with Crippen molar-refractivity contribution in [3.63, 3.8) is 0 Å². The van der Waals surface area contributed by atoms with Gasteiger partial charge in [-0.2, -0.15) is 0 Å². The number of nitrogens with one attached hydrogen (secondary N) is 1. The summed E-state index contributed by atoms with van der Waals surface area (Å²) in [6.07, 6.45) is 1.09. The van der Waals surface area contributed by atoms with Crippen LogP contribution < -0.4 is 14.4 Å². The van der Waals surface area contributed by atoms with Gasteiger partial charge in [0.25, 0.3) is 0 Å². The van der Waals surface area contributed by atoms with Crippen molar-refractivity contribution in [2.45, 2.75) is 6.92 Å². The zero-order chi connectivity index (χ0) is 18.3. The van der Waals surface area contributed by atoms with E-state index in [0.29, 0.717) is 18.8 Å². The lowest BCUT2D eigenvalue weighted by molar-refractivity contribution is -0.119. The molecule has 0 heterocycles. The van der Waals surface area contributed by atoms with Gasteiger partial charge in [-0.3, -0.25) is 9.10 Å². The topological polar surface area (TPSA) is 75.7 Å². The largest absolute Gasteiger partial charge is 0.492 e. The quantitative estimate of drug-likeness (QED) is 0.729. The molecule has 0 atom stereocenters. The summed E-state index contributed by atoms with van der Waals surface area (Å²) in [6.45, 7) is 2.13. The van der Waals surface area contributed by atoms with Crippen LogP contribution in [0, 0.1) is 6.92 Å². The van der Waals surface area contributed by atoms with E-state index >= 15 is 0 Å². The number of amides is 1. The standard InChI is InChI=1S/C18H22N2O4S/c1-15-8-6-7-11-17(15)20(25(2,22)23)14-18(21)19-12-13-24-16-9-4-3-5-10-16/h3-11H,12-14H2,1-2H3,(H,19,21). The third-order valence-electron chi connectivity index (χ3n) is 3.51. The van der Waals surface area contributed by atoms with Gasteiger partial charge in [-0.15, -0.1) is 0 Å². The molecule has 2 rings (SSSR count). The monoisotopic (exact) mass is 362 g/mol. The van der Waals surface area contributed by atoms with Crippen LogP contribution in [0.5, 0.6) is 5.75 Å². The Kier molecular flexibility index (Phi) is 6.41. The molecule has 0 bridgehead atoms. The minimum absolute atomic E-state index is 0.269. The zero-order valence-corrected chi connectivity index (χ0v) is 15.1. The number of hydrogen-bond acceptors (Lipinski definition) is 4. The number of hydrogen-bond donors (Lipinski definition) is 1. The van der Waals surface area contributed by atoms with Crippen LogP contribution in [-0.4, -0.2) is 40.3 Å². The van der Waals surface area contributed by atoms with Gasteiger partial charge in [-0.25, -0.2) is 8.42 Å². The molecule has 0 aliphatic carbocycles. The molecule has 1 N–H and O–H groups in total. The number of carbonyl (C=O) groups is 1. The molecule has 0 radical (unpaired) electrons. The number of rotatable bonds is 8. The first-order valence-electron chi connectivity index (χ1n) is 7.86. The fourth-order valence-corrected chi connectivity index (χ4v) is 3.20. The number of carbonyl (C=O) groups excluding carboxylic acids is 1. The Hall–Kier alpha value is -2.54. The Morgan fingerprint density at radius 3 is 2.36 bits per heavy atom. The Bertz CT molecular complexity index is 807. The number of nitrogens with zero attached hydrogens (tertiary/aromatic N) is 1. The second kappa shape index (κ2) is 8.53. The lowest BCUT2D eigenvalue weighted by Crippen LogP contribution is -2.41. The van der Waals surface area contributed by atoms with Crippen LogP contribution in [0.2, 0.25) is 0 Å². The Morgan fingerprint density at radius 2 is 1.72 bits per heavy atom. The molecular weight excluding hydrogens is 340 g/mol. The number of anilines is 1. The zero-order valence-electron chi connectivity index (χ0n) is 14.3. The third-order valence-corrected chi connectivity index (χ3v) is 4.63. The molecule has 0 aliphatic heterocycles. The molecule has 2 aromatic rings. The van der Waals surface area contributed by atoms with E-state index in [1.807, 2.05) is 36.4 Å². The Morgan fingerprint density at radius 1 is 1.08 bits per heavy atom. The van der Waals surface area contributed by atoms with Crippen molar-refractivity contribution in [2.24, 2.45) is 0 Å². The molecule has 0 spiro atoms. The number of aryl methyl sites for hydroxylation is 1. The SMILES string of the molecule is Cc1ccccc1N(CC(=O)NCCOc1ccccc1)S(C)(=O)=O. The summed E-state index contributed by atoms with van der Waals surface area (Å²) in [6, 6.07) is 16.3. The van der Waals surface area contributed by atoms with Crippen molar-refractivity contribution in [3.05, 3.63) is 60.2 Å². The van der Waals surface area contributed by atoms with E-state index < -0.39 is 10.0 Å². The van der Waals surface area contributed by atoms with Crippen LogP contribution in [0.4, 0.5) is 5.69 Å². The lowest BCUT2D eigenvalue weighted by Gasteiger charge is -2.23. The molecule has 1 amide bonds. The van der Waals surface area contributed by atoms with Gasteiger partial charge >= 0.3 is 0 Å². The molecule has 134 valence electrons. The van der Waals surface area contributed by atoms with Crippen molar-refractivity contribution in [1.29, 1.82) is 0 Å². The average molecular weight is 362 g/mol. The number of ether oxygens (including phenoxy) is 1. The maximum Gasteiger partial charge on any atom is 0.240 e. The molecule has 2 aromatic carbocycles. The molecule has 0 aliphatic rings. The van der Waals surface area contributed by atoms with Gasteiger partial charge in [0.2, 0.25) is 15.9 Å². The summed E-state index contributed by atoms with van der Waals surface area (Å²) in [7, 11) is -3.57. The maximum atomic E-state index is 12.1. The van der Waals surface area contributed by atoms with Crippen LogP contribution in [-0.2, 0) is 14.8 Å². The summed E-state index contributed by atoms with van der Waals surface area (Å²) in [5.41, 5.74) is 1.29. The summed E-state index contributed by atoms with van der Waals surface area (Å²) in [4.78, 5) is 12.1. The molecule has 7 heteroatoms. The highest BCUT2D eigenvalue weighted by atomic mass is 32.2. The minimum Gasteiger partial charge on any atom is -0.492 e. The van der Waals surface area contributed by atoms with E-state index in [1.54, 1.807) is 25.1 Å². The van der Waals surface area contributed by atoms with E-state index in [2.05, 4.69) is 5.32 Å². The van der Waals surface area contributed by atoms with Crippen molar-refractivity contribution >= 4 is 21.6 Å². The molecule has 6 nitrogen and oxygen atoms in total. The Labute approximate surface area is 148 Å². The summed E-state index contributed by atoms with van der Waals surface area (Å²) in [5, 5.41) is 2.67. The summed E-state index contributed by atoms with van der Waals surface area (Å²) in [5.74, 6) is 0.333. The minimum atomic E-state index is -3.57. The first-order valence-corrected chi connectivity index (χ1v) is 9.70. The highest BCUT2D eigenvalue weighted by Gasteiger charge is 2.21. The van der Waals surface area contributed by atoms with Gasteiger partial charge in [-0.1, -0.05) is 36.4 Å². The molecular formula is C18H22N2O4S. The predicted octanol–water partition coefficient (Wildman–Crippen LogP) is 1.96. The van der Waals surface area contributed by atoms with E-state index in [1.165, 1.54) is 0 Å². The summed E-state index contributed by atoms with van der Waals surface area (Å²) < 4.78 is 30.7. The van der Waals surface area contributed by atoms with Crippen molar-refractivity contribution in [1.82, 2.24) is 5.32 Å². The number of benzene rings is 2. The fraction of sp³-hybridized carbons (Fsp3) is 0.278. The average Bonchev–Trinajstić information content (AvgIpc) is 2.57. The van der Waals surface area contributed by atoms with Crippen LogP contribution in [0.3, 0.4) is 0 Å². The van der Waals surface area contributed by atoms with Crippen molar-refractivity contribution in [3.8, 4) is 5.75 Å². The highest BCUT2D eigenvalue weighted by molar-refractivity contribution is 7.92. The number of sulfonamides is 1. The van der Waals surface area contributed by atoms with Gasteiger partial charge in [0.1, 0.15) is 18.9 Å². The third kappa shape index (κ3) is 5.79. The number of para-hydroxylation sites is 2. The normalized spacial score (nSPS) is 11.0. The van der Waals surface area contributed by atoms with Crippen LogP contribution in [0.25, 0.3) is 0 Å². The van der Waals surface area contributed by atoms with Crippen molar-refractivity contribution in [2.75, 3.05) is 30.3 Å². The second-order valence-corrected chi connectivity index (χ2v) is 7.47. The maximum absolute atomic E-state index is 12.1. The Balaban J connectivity index is 1.91. The first-order chi connectivity index (χ1) is 11.9. The van der Waals surface area contributed by atoms with Crippen molar-refractivity contribution < 1.29 is 17.9 Å². The van der Waals surface area contributed by atoms with Crippen LogP contribution in [0.15, 0.2) is 54.6 Å². The highest BCUT2D eigenvalue weighted by Crippen LogP contribution is 2.21. The van der Waals surface area contributed by atoms with E-state index in [4.69, 9.17) is 4.74 Å². The van der Waals surface area contributed by atoms with Crippen LogP contribution in [0.1, 0.15) is 5.56 Å².